The number of carbonyl (C=O) groups is 2. The number of alkyl carbamates (subject to hydrolysis) is 1. The minimum absolute atomic E-state index is 0.266. The van der Waals surface area contributed by atoms with E-state index in [-0.39, 0.29) is 5.91 Å². The Kier molecular flexibility index (Phi) is 6.50. The lowest BCUT2D eigenvalue weighted by atomic mass is 10.1. The molecular weight excluding hydrogens is 448 g/mol. The number of aromatic amines is 1. The predicted octanol–water partition coefficient (Wildman–Crippen LogP) is 5.01. The Balaban J connectivity index is 1.49. The average molecular weight is 477 g/mol. The molecule has 2 aromatic carbocycles. The molecule has 0 spiro atoms. The van der Waals surface area contributed by atoms with Gasteiger partial charge in [-0.25, -0.2) is 4.79 Å². The van der Waals surface area contributed by atoms with Crippen molar-refractivity contribution in [2.45, 2.75) is 32.9 Å². The summed E-state index contributed by atoms with van der Waals surface area (Å²) in [5.74, 6) is 0.898. The van der Waals surface area contributed by atoms with Crippen molar-refractivity contribution in [1.29, 1.82) is 0 Å². The lowest BCUT2D eigenvalue weighted by Gasteiger charge is -2.19. The number of rotatable bonds is 6. The Morgan fingerprint density at radius 2 is 1.69 bits per heavy atom. The normalized spacial score (nSPS) is 11.3. The van der Waals surface area contributed by atoms with Gasteiger partial charge in [0, 0.05) is 41.5 Å². The van der Waals surface area contributed by atoms with E-state index in [4.69, 9.17) is 14.2 Å². The van der Waals surface area contributed by atoms with Crippen molar-refractivity contribution < 1.29 is 23.8 Å². The van der Waals surface area contributed by atoms with Gasteiger partial charge in [-0.1, -0.05) is 12.1 Å². The largest absolute Gasteiger partial charge is 0.493 e. The van der Waals surface area contributed by atoms with E-state index in [1.807, 2.05) is 39.0 Å². The van der Waals surface area contributed by atoms with Crippen LogP contribution < -0.4 is 20.1 Å². The topological polar surface area (TPSA) is 115 Å². The fraction of sp³-hybridized carbons (Fsp3) is 0.269. The minimum Gasteiger partial charge on any atom is -0.493 e. The smallest absolute Gasteiger partial charge is 0.407 e. The summed E-state index contributed by atoms with van der Waals surface area (Å²) in [4.78, 5) is 32.5. The van der Waals surface area contributed by atoms with Crippen LogP contribution in [0.1, 0.15) is 36.7 Å². The second-order valence-corrected chi connectivity index (χ2v) is 8.98. The van der Waals surface area contributed by atoms with Crippen molar-refractivity contribution >= 4 is 39.5 Å². The van der Waals surface area contributed by atoms with Crippen LogP contribution in [0.5, 0.6) is 11.5 Å². The van der Waals surface area contributed by atoms with E-state index < -0.39 is 11.7 Å². The van der Waals surface area contributed by atoms with E-state index in [1.165, 1.54) is 0 Å². The summed E-state index contributed by atoms with van der Waals surface area (Å²) in [5.41, 5.74) is 2.93. The zero-order valence-corrected chi connectivity index (χ0v) is 20.3. The monoisotopic (exact) mass is 476 g/mol. The molecule has 2 heterocycles. The van der Waals surface area contributed by atoms with Gasteiger partial charge in [0.1, 0.15) is 5.60 Å². The number of pyridine rings is 1. The molecule has 0 aliphatic heterocycles. The molecule has 182 valence electrons. The van der Waals surface area contributed by atoms with Crippen molar-refractivity contribution in [3.8, 4) is 11.5 Å². The van der Waals surface area contributed by atoms with Crippen LogP contribution in [-0.2, 0) is 11.3 Å². The quantitative estimate of drug-likeness (QED) is 0.360. The van der Waals surface area contributed by atoms with Gasteiger partial charge in [0.05, 0.1) is 30.8 Å². The molecule has 0 aliphatic rings. The van der Waals surface area contributed by atoms with E-state index in [2.05, 4.69) is 20.6 Å². The zero-order valence-electron chi connectivity index (χ0n) is 20.3. The van der Waals surface area contributed by atoms with E-state index in [1.54, 1.807) is 44.8 Å². The number of aromatic nitrogens is 2. The summed E-state index contributed by atoms with van der Waals surface area (Å²) >= 11 is 0. The molecule has 4 rings (SSSR count). The van der Waals surface area contributed by atoms with Crippen molar-refractivity contribution in [1.82, 2.24) is 15.3 Å². The molecule has 2 aromatic heterocycles. The molecule has 0 saturated heterocycles. The molecule has 2 amide bonds. The summed E-state index contributed by atoms with van der Waals surface area (Å²) in [5, 5.41) is 7.13. The van der Waals surface area contributed by atoms with Crippen molar-refractivity contribution in [3.05, 3.63) is 59.9 Å². The summed E-state index contributed by atoms with van der Waals surface area (Å²) in [6.07, 6.45) is 2.85. The number of anilines is 1. The van der Waals surface area contributed by atoms with Crippen LogP contribution in [-0.4, -0.2) is 41.8 Å². The highest BCUT2D eigenvalue weighted by molar-refractivity contribution is 6.17. The van der Waals surface area contributed by atoms with Crippen LogP contribution in [0.15, 0.2) is 48.8 Å². The Bertz CT molecular complexity index is 1390. The Morgan fingerprint density at radius 1 is 1.00 bits per heavy atom. The third-order valence-electron chi connectivity index (χ3n) is 5.32. The van der Waals surface area contributed by atoms with Crippen LogP contribution in [0, 0.1) is 0 Å². The first-order chi connectivity index (χ1) is 16.7. The van der Waals surface area contributed by atoms with E-state index >= 15 is 0 Å². The number of hydrogen-bond donors (Lipinski definition) is 3. The van der Waals surface area contributed by atoms with Gasteiger partial charge < -0.3 is 29.8 Å². The average Bonchev–Trinajstić information content (AvgIpc) is 3.26. The molecule has 0 saturated carbocycles. The highest BCUT2D eigenvalue weighted by Gasteiger charge is 2.17. The number of nitrogens with zero attached hydrogens (tertiary/aromatic N) is 1. The van der Waals surface area contributed by atoms with Gasteiger partial charge in [-0.15, -0.1) is 0 Å². The molecular formula is C26H28N4O5. The predicted molar refractivity (Wildman–Crippen MR) is 134 cm³/mol. The SMILES string of the molecule is COc1cc2ncc3c(C(=O)Nc4ccc(CNC(=O)OC(C)(C)C)cc4)c[nH]c3c2cc1OC. The van der Waals surface area contributed by atoms with Gasteiger partial charge in [-0.2, -0.15) is 0 Å². The van der Waals surface area contributed by atoms with E-state index in [0.29, 0.717) is 34.7 Å². The number of nitrogens with one attached hydrogen (secondary N) is 3. The number of benzene rings is 2. The van der Waals surface area contributed by atoms with Gasteiger partial charge in [-0.05, 0) is 44.5 Å². The molecule has 0 bridgehead atoms. The number of methoxy groups -OCH3 is 2. The number of H-pyrrole nitrogens is 1. The number of fused-ring (bicyclic) bond motifs is 3. The molecule has 35 heavy (non-hydrogen) atoms. The second kappa shape index (κ2) is 9.54. The second-order valence-electron chi connectivity index (χ2n) is 8.98. The first kappa shape index (κ1) is 23.9. The summed E-state index contributed by atoms with van der Waals surface area (Å²) in [6, 6.07) is 10.9. The molecule has 0 atom stereocenters. The zero-order chi connectivity index (χ0) is 25.2. The summed E-state index contributed by atoms with van der Waals surface area (Å²) in [6.45, 7) is 5.75. The standard InChI is InChI=1S/C26H28N4O5/c1-26(2,3)35-25(32)29-12-15-6-8-16(9-7-15)30-24(31)19-14-28-23-17-10-21(33-4)22(34-5)11-20(17)27-13-18(19)23/h6-11,13-14,28H,12H2,1-5H3,(H,29,32)(H,30,31). The third kappa shape index (κ3) is 5.29. The van der Waals surface area contributed by atoms with E-state index in [0.717, 1.165) is 22.0 Å². The first-order valence-electron chi connectivity index (χ1n) is 11.1. The first-order valence-corrected chi connectivity index (χ1v) is 11.1. The van der Waals surface area contributed by atoms with Gasteiger partial charge in [-0.3, -0.25) is 9.78 Å². The van der Waals surface area contributed by atoms with Gasteiger partial charge in [0.2, 0.25) is 0 Å². The van der Waals surface area contributed by atoms with Gasteiger partial charge in [0.25, 0.3) is 5.91 Å². The summed E-state index contributed by atoms with van der Waals surface area (Å²) < 4.78 is 16.0. The Morgan fingerprint density at radius 3 is 2.34 bits per heavy atom. The van der Waals surface area contributed by atoms with Crippen molar-refractivity contribution in [3.63, 3.8) is 0 Å². The molecule has 0 unspecified atom stereocenters. The molecule has 0 aliphatic carbocycles. The fourth-order valence-electron chi connectivity index (χ4n) is 3.68. The van der Waals surface area contributed by atoms with E-state index in [9.17, 15) is 9.59 Å². The van der Waals surface area contributed by atoms with Crippen LogP contribution in [0.3, 0.4) is 0 Å². The Labute approximate surface area is 202 Å². The molecule has 4 aromatic rings. The Hall–Kier alpha value is -4.27. The van der Waals surface area contributed by atoms with Gasteiger partial charge in [0.15, 0.2) is 11.5 Å². The maximum absolute atomic E-state index is 13.0. The third-order valence-corrected chi connectivity index (χ3v) is 5.32. The molecule has 9 nitrogen and oxygen atoms in total. The maximum Gasteiger partial charge on any atom is 0.407 e. The molecule has 0 fully saturated rings. The molecule has 9 heteroatoms. The highest BCUT2D eigenvalue weighted by atomic mass is 16.6. The fourth-order valence-corrected chi connectivity index (χ4v) is 3.68. The van der Waals surface area contributed by atoms with Crippen LogP contribution in [0.2, 0.25) is 0 Å². The molecule has 0 radical (unpaired) electrons. The summed E-state index contributed by atoms with van der Waals surface area (Å²) in [7, 11) is 3.15. The van der Waals surface area contributed by atoms with Crippen molar-refractivity contribution in [2.24, 2.45) is 0 Å². The lowest BCUT2D eigenvalue weighted by Crippen LogP contribution is -2.32. The van der Waals surface area contributed by atoms with Crippen LogP contribution in [0.25, 0.3) is 21.8 Å². The van der Waals surface area contributed by atoms with Crippen molar-refractivity contribution in [2.75, 3.05) is 19.5 Å². The molecule has 3 N–H and O–H groups in total. The lowest BCUT2D eigenvalue weighted by molar-refractivity contribution is 0.0523. The number of hydrogen-bond acceptors (Lipinski definition) is 6. The minimum atomic E-state index is -0.554. The van der Waals surface area contributed by atoms with Crippen LogP contribution in [0.4, 0.5) is 10.5 Å². The number of carbonyl (C=O) groups excluding carboxylic acids is 2. The number of amides is 2. The maximum atomic E-state index is 13.0. The van der Waals surface area contributed by atoms with Crippen LogP contribution >= 0.6 is 0 Å². The van der Waals surface area contributed by atoms with Gasteiger partial charge >= 0.3 is 6.09 Å². The number of ether oxygens (including phenoxy) is 3. The highest BCUT2D eigenvalue weighted by Crippen LogP contribution is 2.35.